The molecule has 1 unspecified atom stereocenters. The van der Waals surface area contributed by atoms with Gasteiger partial charge in [-0.05, 0) is 6.92 Å². The highest BCUT2D eigenvalue weighted by atomic mass is 32.1. The fraction of sp³-hybridized carbons (Fsp3) is 0.400. The minimum absolute atomic E-state index is 0.292. The minimum Gasteiger partial charge on any atom is -0.337 e. The maximum atomic E-state index is 4.27. The first kappa shape index (κ1) is 10.3. The molecule has 0 bridgehead atoms. The van der Waals surface area contributed by atoms with Gasteiger partial charge >= 0.3 is 0 Å². The molecule has 5 heteroatoms. The van der Waals surface area contributed by atoms with E-state index in [4.69, 9.17) is 0 Å². The minimum atomic E-state index is 0.292. The molecule has 1 N–H and O–H groups in total. The van der Waals surface area contributed by atoms with Crippen molar-refractivity contribution in [1.82, 2.24) is 19.9 Å². The number of imidazole rings is 1. The summed E-state index contributed by atoms with van der Waals surface area (Å²) in [6.45, 7) is 2.94. The molecule has 0 aliphatic carbocycles. The molecule has 0 radical (unpaired) electrons. The van der Waals surface area contributed by atoms with Gasteiger partial charge in [-0.15, -0.1) is 11.3 Å². The van der Waals surface area contributed by atoms with E-state index in [1.54, 1.807) is 11.3 Å². The number of hydrogen-bond donors (Lipinski definition) is 1. The van der Waals surface area contributed by atoms with Crippen LogP contribution in [0.1, 0.15) is 23.7 Å². The highest BCUT2D eigenvalue weighted by Crippen LogP contribution is 2.14. The SMILES string of the molecule is CC(NCc1cncn1C)c1nccs1. The number of hydrogen-bond acceptors (Lipinski definition) is 4. The zero-order chi connectivity index (χ0) is 10.7. The van der Waals surface area contributed by atoms with Crippen LogP contribution < -0.4 is 5.32 Å². The first-order chi connectivity index (χ1) is 7.27. The van der Waals surface area contributed by atoms with Gasteiger partial charge in [0.15, 0.2) is 0 Å². The van der Waals surface area contributed by atoms with Crippen LogP contribution in [0, 0.1) is 0 Å². The summed E-state index contributed by atoms with van der Waals surface area (Å²) in [5.41, 5.74) is 1.18. The summed E-state index contributed by atoms with van der Waals surface area (Å²) in [6, 6.07) is 0.292. The molecule has 0 fully saturated rings. The van der Waals surface area contributed by atoms with Crippen molar-refractivity contribution in [3.8, 4) is 0 Å². The Morgan fingerprint density at radius 2 is 2.47 bits per heavy atom. The van der Waals surface area contributed by atoms with Gasteiger partial charge < -0.3 is 9.88 Å². The van der Waals surface area contributed by atoms with Gasteiger partial charge in [-0.2, -0.15) is 0 Å². The summed E-state index contributed by atoms with van der Waals surface area (Å²) in [5.74, 6) is 0. The lowest BCUT2D eigenvalue weighted by atomic mass is 10.3. The van der Waals surface area contributed by atoms with Crippen molar-refractivity contribution in [3.63, 3.8) is 0 Å². The van der Waals surface area contributed by atoms with Gasteiger partial charge in [0.05, 0.1) is 18.1 Å². The molecule has 0 aliphatic heterocycles. The van der Waals surface area contributed by atoms with E-state index in [0.29, 0.717) is 6.04 Å². The topological polar surface area (TPSA) is 42.7 Å². The zero-order valence-electron chi connectivity index (χ0n) is 8.84. The van der Waals surface area contributed by atoms with Gasteiger partial charge in [0.2, 0.25) is 0 Å². The molecule has 0 aliphatic rings. The summed E-state index contributed by atoms with van der Waals surface area (Å²) in [5, 5.41) is 6.54. The molecule has 0 aromatic carbocycles. The van der Waals surface area contributed by atoms with Crippen LogP contribution in [-0.4, -0.2) is 14.5 Å². The molecule has 0 saturated heterocycles. The summed E-state index contributed by atoms with van der Waals surface area (Å²) in [6.07, 6.45) is 5.52. The third kappa shape index (κ3) is 2.43. The van der Waals surface area contributed by atoms with E-state index >= 15 is 0 Å². The Morgan fingerprint density at radius 1 is 1.60 bits per heavy atom. The van der Waals surface area contributed by atoms with Crippen molar-refractivity contribution in [2.45, 2.75) is 19.5 Å². The van der Waals surface area contributed by atoms with Crippen LogP contribution in [0.2, 0.25) is 0 Å². The van der Waals surface area contributed by atoms with Crippen LogP contribution in [-0.2, 0) is 13.6 Å². The number of rotatable bonds is 4. The van der Waals surface area contributed by atoms with E-state index in [1.165, 1.54) is 5.69 Å². The highest BCUT2D eigenvalue weighted by Gasteiger charge is 2.07. The summed E-state index contributed by atoms with van der Waals surface area (Å²) >= 11 is 1.68. The van der Waals surface area contributed by atoms with Gasteiger partial charge in [-0.3, -0.25) is 0 Å². The lowest BCUT2D eigenvalue weighted by molar-refractivity contribution is 0.555. The normalized spacial score (nSPS) is 12.9. The average Bonchev–Trinajstić information content (AvgIpc) is 2.85. The number of thiazole rings is 1. The summed E-state index contributed by atoms with van der Waals surface area (Å²) in [4.78, 5) is 8.34. The summed E-state index contributed by atoms with van der Waals surface area (Å²) in [7, 11) is 2.00. The van der Waals surface area contributed by atoms with Crippen molar-refractivity contribution >= 4 is 11.3 Å². The Balaban J connectivity index is 1.91. The standard InChI is InChI=1S/C10H14N4S/c1-8(10-12-3-4-15-10)13-6-9-5-11-7-14(9)2/h3-5,7-8,13H,6H2,1-2H3. The third-order valence-corrected chi connectivity index (χ3v) is 3.29. The largest absolute Gasteiger partial charge is 0.337 e. The second-order valence-corrected chi connectivity index (χ2v) is 4.39. The number of aryl methyl sites for hydroxylation is 1. The van der Waals surface area contributed by atoms with Gasteiger partial charge in [0.1, 0.15) is 5.01 Å². The molecular weight excluding hydrogens is 208 g/mol. The molecule has 2 heterocycles. The van der Waals surface area contributed by atoms with Crippen molar-refractivity contribution < 1.29 is 0 Å². The average molecular weight is 222 g/mol. The maximum Gasteiger partial charge on any atom is 0.109 e. The third-order valence-electron chi connectivity index (χ3n) is 2.33. The van der Waals surface area contributed by atoms with Gasteiger partial charge in [-0.1, -0.05) is 0 Å². The smallest absolute Gasteiger partial charge is 0.109 e. The molecule has 0 saturated carbocycles. The van der Waals surface area contributed by atoms with Crippen molar-refractivity contribution in [2.24, 2.45) is 7.05 Å². The lowest BCUT2D eigenvalue weighted by Crippen LogP contribution is -2.19. The fourth-order valence-corrected chi connectivity index (χ4v) is 2.02. The van der Waals surface area contributed by atoms with Crippen molar-refractivity contribution in [1.29, 1.82) is 0 Å². The lowest BCUT2D eigenvalue weighted by Gasteiger charge is -2.10. The predicted octanol–water partition coefficient (Wildman–Crippen LogP) is 1.73. The Bertz CT molecular complexity index is 407. The van der Waals surface area contributed by atoms with E-state index in [2.05, 4.69) is 22.2 Å². The molecule has 1 atom stereocenters. The number of nitrogens with zero attached hydrogens (tertiary/aromatic N) is 3. The molecule has 2 aromatic heterocycles. The highest BCUT2D eigenvalue weighted by molar-refractivity contribution is 7.09. The van der Waals surface area contributed by atoms with Crippen LogP contribution in [0.3, 0.4) is 0 Å². The molecule has 0 amide bonds. The van der Waals surface area contributed by atoms with Gasteiger partial charge in [0.25, 0.3) is 0 Å². The molecule has 2 rings (SSSR count). The van der Waals surface area contributed by atoms with E-state index in [9.17, 15) is 0 Å². The first-order valence-electron chi connectivity index (χ1n) is 4.85. The van der Waals surface area contributed by atoms with Crippen molar-refractivity contribution in [3.05, 3.63) is 34.8 Å². The van der Waals surface area contributed by atoms with Crippen molar-refractivity contribution in [2.75, 3.05) is 0 Å². The van der Waals surface area contributed by atoms with E-state index in [0.717, 1.165) is 11.6 Å². The molecule has 4 nitrogen and oxygen atoms in total. The van der Waals surface area contributed by atoms with E-state index in [1.807, 2.05) is 35.7 Å². The van der Waals surface area contributed by atoms with Crippen LogP contribution in [0.5, 0.6) is 0 Å². The predicted molar refractivity (Wildman–Crippen MR) is 60.6 cm³/mol. The van der Waals surface area contributed by atoms with Crippen LogP contribution in [0.25, 0.3) is 0 Å². The van der Waals surface area contributed by atoms with Crippen LogP contribution in [0.15, 0.2) is 24.1 Å². The Labute approximate surface area is 93.0 Å². The summed E-state index contributed by atoms with van der Waals surface area (Å²) < 4.78 is 2.02. The molecule has 2 aromatic rings. The second-order valence-electron chi connectivity index (χ2n) is 3.47. The van der Waals surface area contributed by atoms with Gasteiger partial charge in [0, 0.05) is 31.4 Å². The molecule has 80 valence electrons. The Hall–Kier alpha value is -1.20. The maximum absolute atomic E-state index is 4.27. The number of aromatic nitrogens is 3. The number of nitrogens with one attached hydrogen (secondary N) is 1. The zero-order valence-corrected chi connectivity index (χ0v) is 9.66. The van der Waals surface area contributed by atoms with Crippen LogP contribution >= 0.6 is 11.3 Å². The molecular formula is C10H14N4S. The first-order valence-corrected chi connectivity index (χ1v) is 5.73. The quantitative estimate of drug-likeness (QED) is 0.856. The van der Waals surface area contributed by atoms with E-state index in [-0.39, 0.29) is 0 Å². The Morgan fingerprint density at radius 3 is 3.07 bits per heavy atom. The van der Waals surface area contributed by atoms with E-state index < -0.39 is 0 Å². The second kappa shape index (κ2) is 4.55. The fourth-order valence-electron chi connectivity index (χ4n) is 1.35. The van der Waals surface area contributed by atoms with Gasteiger partial charge in [-0.25, -0.2) is 9.97 Å². The molecule has 15 heavy (non-hydrogen) atoms. The monoisotopic (exact) mass is 222 g/mol. The Kier molecular flexibility index (Phi) is 3.13. The molecule has 0 spiro atoms. The van der Waals surface area contributed by atoms with Crippen LogP contribution in [0.4, 0.5) is 0 Å².